The molecular formula is C15H20ClN3O. The molecule has 1 amide bonds. The molecular weight excluding hydrogens is 274 g/mol. The molecule has 2 fully saturated rings. The second-order valence-electron chi connectivity index (χ2n) is 5.71. The number of hydrogen-bond donors (Lipinski definition) is 1. The molecule has 2 aliphatic rings. The molecule has 0 aromatic heterocycles. The molecule has 0 aliphatic carbocycles. The van der Waals surface area contributed by atoms with Crippen LogP contribution in [0.2, 0.25) is 5.02 Å². The Bertz CT molecular complexity index is 500. The maximum absolute atomic E-state index is 12.6. The molecule has 5 heteroatoms. The molecule has 2 N–H and O–H groups in total. The monoisotopic (exact) mass is 293 g/mol. The van der Waals surface area contributed by atoms with Gasteiger partial charge in [0.2, 0.25) is 0 Å². The van der Waals surface area contributed by atoms with Gasteiger partial charge in [-0.2, -0.15) is 0 Å². The Morgan fingerprint density at radius 3 is 2.85 bits per heavy atom. The third kappa shape index (κ3) is 2.76. The molecule has 20 heavy (non-hydrogen) atoms. The summed E-state index contributed by atoms with van der Waals surface area (Å²) in [6.07, 6.45) is 3.75. The van der Waals surface area contributed by atoms with E-state index in [1.807, 2.05) is 4.90 Å². The molecule has 1 unspecified atom stereocenters. The highest BCUT2D eigenvalue weighted by Gasteiger charge is 2.31. The van der Waals surface area contributed by atoms with E-state index in [0.29, 0.717) is 22.3 Å². The van der Waals surface area contributed by atoms with E-state index in [1.165, 1.54) is 25.8 Å². The number of nitrogens with zero attached hydrogens (tertiary/aromatic N) is 2. The lowest BCUT2D eigenvalue weighted by Gasteiger charge is -2.44. The summed E-state index contributed by atoms with van der Waals surface area (Å²) in [5.74, 6) is 0.0458. The normalized spacial score (nSPS) is 23.4. The average molecular weight is 294 g/mol. The van der Waals surface area contributed by atoms with Crippen LogP contribution in [-0.4, -0.2) is 47.9 Å². The van der Waals surface area contributed by atoms with Crippen molar-refractivity contribution >= 4 is 23.2 Å². The van der Waals surface area contributed by atoms with Crippen LogP contribution in [0, 0.1) is 0 Å². The number of carbonyl (C=O) groups is 1. The van der Waals surface area contributed by atoms with Crippen LogP contribution in [0.5, 0.6) is 0 Å². The Morgan fingerprint density at radius 2 is 2.05 bits per heavy atom. The number of halogens is 1. The van der Waals surface area contributed by atoms with Crippen molar-refractivity contribution < 1.29 is 4.79 Å². The van der Waals surface area contributed by atoms with Gasteiger partial charge in [0.15, 0.2) is 0 Å². The van der Waals surface area contributed by atoms with Gasteiger partial charge < -0.3 is 10.6 Å². The number of hydrogen-bond acceptors (Lipinski definition) is 3. The highest BCUT2D eigenvalue weighted by atomic mass is 35.5. The lowest BCUT2D eigenvalue weighted by molar-refractivity contribution is 0.0372. The molecule has 1 aromatic rings. The molecule has 4 nitrogen and oxygen atoms in total. The fourth-order valence-electron chi connectivity index (χ4n) is 3.26. The first-order chi connectivity index (χ1) is 9.63. The summed E-state index contributed by atoms with van der Waals surface area (Å²) >= 11 is 5.98. The summed E-state index contributed by atoms with van der Waals surface area (Å²) < 4.78 is 0. The molecule has 3 rings (SSSR count). The lowest BCUT2D eigenvalue weighted by Crippen LogP contribution is -2.56. The minimum absolute atomic E-state index is 0.0458. The van der Waals surface area contributed by atoms with Crippen LogP contribution in [-0.2, 0) is 0 Å². The van der Waals surface area contributed by atoms with Gasteiger partial charge in [-0.3, -0.25) is 9.69 Å². The summed E-state index contributed by atoms with van der Waals surface area (Å²) in [4.78, 5) is 17.0. The molecule has 2 saturated heterocycles. The van der Waals surface area contributed by atoms with E-state index in [9.17, 15) is 4.79 Å². The van der Waals surface area contributed by atoms with Gasteiger partial charge in [0.25, 0.3) is 5.91 Å². The van der Waals surface area contributed by atoms with Gasteiger partial charge in [0.1, 0.15) is 0 Å². The van der Waals surface area contributed by atoms with Crippen LogP contribution in [0.25, 0.3) is 0 Å². The molecule has 1 atom stereocenters. The van der Waals surface area contributed by atoms with E-state index in [2.05, 4.69) is 4.90 Å². The van der Waals surface area contributed by atoms with Gasteiger partial charge >= 0.3 is 0 Å². The van der Waals surface area contributed by atoms with E-state index in [-0.39, 0.29) is 5.91 Å². The first-order valence-electron chi connectivity index (χ1n) is 7.23. The smallest absolute Gasteiger partial charge is 0.254 e. The van der Waals surface area contributed by atoms with Crippen molar-refractivity contribution in [2.75, 3.05) is 31.9 Å². The number of nitrogens with two attached hydrogens (primary N) is 1. The van der Waals surface area contributed by atoms with Gasteiger partial charge in [-0.05, 0) is 37.6 Å². The quantitative estimate of drug-likeness (QED) is 0.808. The van der Waals surface area contributed by atoms with Gasteiger partial charge in [0.05, 0.1) is 0 Å². The maximum atomic E-state index is 12.6. The molecule has 0 radical (unpaired) electrons. The van der Waals surface area contributed by atoms with Crippen molar-refractivity contribution in [2.24, 2.45) is 0 Å². The summed E-state index contributed by atoms with van der Waals surface area (Å²) in [6.45, 7) is 3.77. The van der Waals surface area contributed by atoms with E-state index >= 15 is 0 Å². The number of piperidine rings is 1. The van der Waals surface area contributed by atoms with Gasteiger partial charge in [-0.25, -0.2) is 0 Å². The standard InChI is InChI=1S/C15H20ClN3O/c16-12-7-11(8-13(17)9-12)15(20)19-6-5-18-4-2-1-3-14(18)10-19/h7-9,14H,1-6,10,17H2. The highest BCUT2D eigenvalue weighted by molar-refractivity contribution is 6.31. The molecule has 0 bridgehead atoms. The topological polar surface area (TPSA) is 49.6 Å². The zero-order valence-electron chi connectivity index (χ0n) is 11.5. The van der Waals surface area contributed by atoms with E-state index < -0.39 is 0 Å². The minimum Gasteiger partial charge on any atom is -0.399 e. The van der Waals surface area contributed by atoms with Crippen LogP contribution in [0.4, 0.5) is 5.69 Å². The number of nitrogen functional groups attached to an aromatic ring is 1. The molecule has 2 heterocycles. The molecule has 0 saturated carbocycles. The second kappa shape index (κ2) is 5.62. The first kappa shape index (κ1) is 13.7. The Balaban J connectivity index is 1.74. The predicted octanol–water partition coefficient (Wildman–Crippen LogP) is 2.23. The molecule has 1 aromatic carbocycles. The minimum atomic E-state index is 0.0458. The number of carbonyl (C=O) groups excluding carboxylic acids is 1. The average Bonchev–Trinajstić information content (AvgIpc) is 2.45. The van der Waals surface area contributed by atoms with E-state index in [4.69, 9.17) is 17.3 Å². The van der Waals surface area contributed by atoms with Crippen molar-refractivity contribution in [1.29, 1.82) is 0 Å². The fraction of sp³-hybridized carbons (Fsp3) is 0.533. The van der Waals surface area contributed by atoms with Crippen LogP contribution >= 0.6 is 11.6 Å². The Hall–Kier alpha value is -1.26. The highest BCUT2D eigenvalue weighted by Crippen LogP contribution is 2.23. The van der Waals surface area contributed by atoms with Crippen molar-refractivity contribution in [1.82, 2.24) is 9.80 Å². The molecule has 0 spiro atoms. The summed E-state index contributed by atoms with van der Waals surface area (Å²) in [5, 5.41) is 0.518. The molecule has 108 valence electrons. The third-order valence-electron chi connectivity index (χ3n) is 4.29. The maximum Gasteiger partial charge on any atom is 0.254 e. The Kier molecular flexibility index (Phi) is 3.85. The molecule has 2 aliphatic heterocycles. The van der Waals surface area contributed by atoms with Crippen LogP contribution in [0.3, 0.4) is 0 Å². The Labute approximate surface area is 124 Å². The van der Waals surface area contributed by atoms with Crippen LogP contribution in [0.1, 0.15) is 29.6 Å². The number of piperazine rings is 1. The van der Waals surface area contributed by atoms with Gasteiger partial charge in [0, 0.05) is 41.9 Å². The Morgan fingerprint density at radius 1 is 1.20 bits per heavy atom. The number of fused-ring (bicyclic) bond motifs is 1. The van der Waals surface area contributed by atoms with Crippen molar-refractivity contribution in [3.63, 3.8) is 0 Å². The van der Waals surface area contributed by atoms with E-state index in [0.717, 1.165) is 19.6 Å². The van der Waals surface area contributed by atoms with Crippen LogP contribution < -0.4 is 5.73 Å². The van der Waals surface area contributed by atoms with Gasteiger partial charge in [-0.15, -0.1) is 0 Å². The summed E-state index contributed by atoms with van der Waals surface area (Å²) in [5.41, 5.74) is 6.91. The summed E-state index contributed by atoms with van der Waals surface area (Å²) in [7, 11) is 0. The second-order valence-corrected chi connectivity index (χ2v) is 6.15. The summed E-state index contributed by atoms with van der Waals surface area (Å²) in [6, 6.07) is 5.60. The fourth-order valence-corrected chi connectivity index (χ4v) is 3.50. The number of rotatable bonds is 1. The predicted molar refractivity (Wildman–Crippen MR) is 81.0 cm³/mol. The number of amides is 1. The van der Waals surface area contributed by atoms with Crippen molar-refractivity contribution in [2.45, 2.75) is 25.3 Å². The van der Waals surface area contributed by atoms with Gasteiger partial charge in [-0.1, -0.05) is 18.0 Å². The zero-order chi connectivity index (χ0) is 14.1. The SMILES string of the molecule is Nc1cc(Cl)cc(C(=O)N2CCN3CCCCC3C2)c1. The largest absolute Gasteiger partial charge is 0.399 e. The van der Waals surface area contributed by atoms with E-state index in [1.54, 1.807) is 18.2 Å². The first-order valence-corrected chi connectivity index (χ1v) is 7.61. The van der Waals surface area contributed by atoms with Crippen LogP contribution in [0.15, 0.2) is 18.2 Å². The van der Waals surface area contributed by atoms with Crippen molar-refractivity contribution in [3.05, 3.63) is 28.8 Å². The number of benzene rings is 1. The lowest BCUT2D eigenvalue weighted by atomic mass is 9.99. The third-order valence-corrected chi connectivity index (χ3v) is 4.51. The zero-order valence-corrected chi connectivity index (χ0v) is 12.3. The number of anilines is 1. The van der Waals surface area contributed by atoms with Crippen molar-refractivity contribution in [3.8, 4) is 0 Å².